The van der Waals surface area contributed by atoms with Crippen molar-refractivity contribution < 1.29 is 8.42 Å². The standard InChI is InChI=1S/C15H24N2O2S/c1-15(11-16,13-6-4-3-5-7-13)12-17(2)14-8-9-20(18,19)10-14/h3-7,14H,8-12,16H2,1-2H3. The van der Waals surface area contributed by atoms with Crippen molar-refractivity contribution in [3.05, 3.63) is 35.9 Å². The lowest BCUT2D eigenvalue weighted by Gasteiger charge is -2.35. The molecule has 0 aromatic heterocycles. The van der Waals surface area contributed by atoms with Gasteiger partial charge in [0.25, 0.3) is 0 Å². The van der Waals surface area contributed by atoms with Gasteiger partial charge in [0.1, 0.15) is 0 Å². The lowest BCUT2D eigenvalue weighted by atomic mass is 9.82. The Balaban J connectivity index is 2.10. The van der Waals surface area contributed by atoms with Crippen LogP contribution < -0.4 is 5.73 Å². The number of nitrogens with two attached hydrogens (primary N) is 1. The summed E-state index contributed by atoms with van der Waals surface area (Å²) in [4.78, 5) is 2.16. The first-order valence-corrected chi connectivity index (χ1v) is 8.85. The lowest BCUT2D eigenvalue weighted by Crippen LogP contribution is -2.46. The molecule has 0 radical (unpaired) electrons. The average Bonchev–Trinajstić information content (AvgIpc) is 2.80. The fourth-order valence-electron chi connectivity index (χ4n) is 2.92. The largest absolute Gasteiger partial charge is 0.330 e. The second-order valence-corrected chi connectivity index (χ2v) is 8.33. The number of hydrogen-bond acceptors (Lipinski definition) is 4. The van der Waals surface area contributed by atoms with Crippen molar-refractivity contribution in [1.29, 1.82) is 0 Å². The normalized spacial score (nSPS) is 24.7. The molecule has 0 bridgehead atoms. The van der Waals surface area contributed by atoms with Crippen LogP contribution in [0.15, 0.2) is 30.3 Å². The van der Waals surface area contributed by atoms with Crippen LogP contribution in [0.5, 0.6) is 0 Å². The van der Waals surface area contributed by atoms with Gasteiger partial charge in [0, 0.05) is 24.5 Å². The van der Waals surface area contributed by atoms with E-state index in [-0.39, 0.29) is 17.2 Å². The minimum Gasteiger partial charge on any atom is -0.330 e. The molecule has 2 unspecified atom stereocenters. The van der Waals surface area contributed by atoms with Gasteiger partial charge in [-0.05, 0) is 19.0 Å². The van der Waals surface area contributed by atoms with Gasteiger partial charge in [0.05, 0.1) is 11.5 Å². The molecule has 5 heteroatoms. The van der Waals surface area contributed by atoms with Gasteiger partial charge in [-0.2, -0.15) is 0 Å². The lowest BCUT2D eigenvalue weighted by molar-refractivity contribution is 0.209. The molecule has 1 aromatic carbocycles. The molecule has 2 atom stereocenters. The Morgan fingerprint density at radius 1 is 1.35 bits per heavy atom. The van der Waals surface area contributed by atoms with Crippen molar-refractivity contribution in [3.8, 4) is 0 Å². The van der Waals surface area contributed by atoms with E-state index in [1.54, 1.807) is 0 Å². The van der Waals surface area contributed by atoms with Gasteiger partial charge < -0.3 is 10.6 Å². The van der Waals surface area contributed by atoms with Crippen LogP contribution in [0, 0.1) is 0 Å². The van der Waals surface area contributed by atoms with E-state index in [4.69, 9.17) is 5.73 Å². The second-order valence-electron chi connectivity index (χ2n) is 6.10. The first kappa shape index (κ1) is 15.5. The maximum absolute atomic E-state index is 11.6. The van der Waals surface area contributed by atoms with E-state index >= 15 is 0 Å². The van der Waals surface area contributed by atoms with Gasteiger partial charge in [-0.1, -0.05) is 37.3 Å². The third kappa shape index (κ3) is 3.40. The highest BCUT2D eigenvalue weighted by Crippen LogP contribution is 2.26. The first-order valence-electron chi connectivity index (χ1n) is 7.02. The molecule has 112 valence electrons. The van der Waals surface area contributed by atoms with Gasteiger partial charge in [0.15, 0.2) is 9.84 Å². The summed E-state index contributed by atoms with van der Waals surface area (Å²) >= 11 is 0. The number of rotatable bonds is 5. The highest BCUT2D eigenvalue weighted by molar-refractivity contribution is 7.91. The van der Waals surface area contributed by atoms with E-state index in [0.29, 0.717) is 12.3 Å². The third-order valence-electron chi connectivity index (χ3n) is 4.35. The van der Waals surface area contributed by atoms with Gasteiger partial charge in [-0.15, -0.1) is 0 Å². The number of likely N-dealkylation sites (N-methyl/N-ethyl adjacent to an activating group) is 1. The molecule has 0 aliphatic carbocycles. The third-order valence-corrected chi connectivity index (χ3v) is 6.10. The molecule has 1 fully saturated rings. The van der Waals surface area contributed by atoms with Crippen LogP contribution in [0.3, 0.4) is 0 Å². The summed E-state index contributed by atoms with van der Waals surface area (Å²) in [7, 11) is -0.838. The zero-order valence-corrected chi connectivity index (χ0v) is 13.1. The van der Waals surface area contributed by atoms with E-state index in [2.05, 4.69) is 24.0 Å². The van der Waals surface area contributed by atoms with Crippen LogP contribution in [0.1, 0.15) is 18.9 Å². The smallest absolute Gasteiger partial charge is 0.151 e. The number of nitrogens with zero attached hydrogens (tertiary/aromatic N) is 1. The van der Waals surface area contributed by atoms with Crippen LogP contribution in [0.25, 0.3) is 0 Å². The molecule has 1 aliphatic rings. The highest BCUT2D eigenvalue weighted by atomic mass is 32.2. The summed E-state index contributed by atoms with van der Waals surface area (Å²) in [5.41, 5.74) is 7.05. The maximum Gasteiger partial charge on any atom is 0.151 e. The van der Waals surface area contributed by atoms with E-state index in [0.717, 1.165) is 13.0 Å². The predicted octanol–water partition coefficient (Wildman–Crippen LogP) is 1.02. The zero-order chi connectivity index (χ0) is 14.8. The molecular formula is C15H24N2O2S. The Labute approximate surface area is 121 Å². The minimum atomic E-state index is -2.84. The molecule has 1 heterocycles. The predicted molar refractivity (Wildman–Crippen MR) is 82.5 cm³/mol. The molecule has 1 aliphatic heterocycles. The minimum absolute atomic E-state index is 0.120. The number of benzene rings is 1. The topological polar surface area (TPSA) is 63.4 Å². The Hall–Kier alpha value is -0.910. The molecule has 20 heavy (non-hydrogen) atoms. The van der Waals surface area contributed by atoms with Gasteiger partial charge in [0.2, 0.25) is 0 Å². The number of hydrogen-bond donors (Lipinski definition) is 1. The molecule has 2 rings (SSSR count). The molecule has 0 saturated carbocycles. The second kappa shape index (κ2) is 5.84. The Kier molecular flexibility index (Phi) is 4.52. The van der Waals surface area contributed by atoms with E-state index in [1.807, 2.05) is 25.2 Å². The fourth-order valence-corrected chi connectivity index (χ4v) is 4.72. The molecule has 0 spiro atoms. The molecule has 4 nitrogen and oxygen atoms in total. The molecule has 1 saturated heterocycles. The fraction of sp³-hybridized carbons (Fsp3) is 0.600. The van der Waals surface area contributed by atoms with Crippen molar-refractivity contribution in [2.45, 2.75) is 24.8 Å². The number of sulfone groups is 1. The van der Waals surface area contributed by atoms with E-state index in [9.17, 15) is 8.42 Å². The van der Waals surface area contributed by atoms with Crippen LogP contribution in [-0.4, -0.2) is 51.0 Å². The SMILES string of the molecule is CN(CC(C)(CN)c1ccccc1)C1CCS(=O)(=O)C1. The van der Waals surface area contributed by atoms with E-state index < -0.39 is 9.84 Å². The quantitative estimate of drug-likeness (QED) is 0.881. The maximum atomic E-state index is 11.6. The Morgan fingerprint density at radius 2 is 2.00 bits per heavy atom. The van der Waals surface area contributed by atoms with Gasteiger partial charge in [-0.3, -0.25) is 0 Å². The van der Waals surface area contributed by atoms with E-state index in [1.165, 1.54) is 5.56 Å². The van der Waals surface area contributed by atoms with Crippen LogP contribution in [0.4, 0.5) is 0 Å². The van der Waals surface area contributed by atoms with Gasteiger partial charge >= 0.3 is 0 Å². The monoisotopic (exact) mass is 296 g/mol. The summed E-state index contributed by atoms with van der Waals surface area (Å²) < 4.78 is 23.2. The van der Waals surface area contributed by atoms with Crippen molar-refractivity contribution >= 4 is 9.84 Å². The summed E-state index contributed by atoms with van der Waals surface area (Å²) in [6.45, 7) is 3.46. The van der Waals surface area contributed by atoms with Crippen molar-refractivity contribution in [2.75, 3.05) is 31.6 Å². The average molecular weight is 296 g/mol. The van der Waals surface area contributed by atoms with Gasteiger partial charge in [-0.25, -0.2) is 8.42 Å². The highest BCUT2D eigenvalue weighted by Gasteiger charge is 2.34. The summed E-state index contributed by atoms with van der Waals surface area (Å²) in [5, 5.41) is 0. The Bertz CT molecular complexity index is 544. The molecule has 0 amide bonds. The summed E-state index contributed by atoms with van der Waals surface area (Å²) in [5.74, 6) is 0.589. The van der Waals surface area contributed by atoms with Crippen LogP contribution in [-0.2, 0) is 15.3 Å². The van der Waals surface area contributed by atoms with Crippen LogP contribution >= 0.6 is 0 Å². The molecular weight excluding hydrogens is 272 g/mol. The summed E-state index contributed by atoms with van der Waals surface area (Å²) in [6.07, 6.45) is 0.730. The van der Waals surface area contributed by atoms with Crippen molar-refractivity contribution in [1.82, 2.24) is 4.90 Å². The van der Waals surface area contributed by atoms with Crippen LogP contribution in [0.2, 0.25) is 0 Å². The zero-order valence-electron chi connectivity index (χ0n) is 12.2. The summed E-state index contributed by atoms with van der Waals surface area (Å²) in [6, 6.07) is 10.3. The molecule has 1 aromatic rings. The van der Waals surface area contributed by atoms with Crippen molar-refractivity contribution in [2.24, 2.45) is 5.73 Å². The first-order chi connectivity index (χ1) is 9.36. The Morgan fingerprint density at radius 3 is 2.50 bits per heavy atom. The van der Waals surface area contributed by atoms with Crippen molar-refractivity contribution in [3.63, 3.8) is 0 Å². The molecule has 2 N–H and O–H groups in total.